The predicted molar refractivity (Wildman–Crippen MR) is 87.3 cm³/mol. The van der Waals surface area contributed by atoms with E-state index in [4.69, 9.17) is 21.1 Å². The Kier molecular flexibility index (Phi) is 4.55. The van der Waals surface area contributed by atoms with Crippen molar-refractivity contribution < 1.29 is 14.3 Å². The van der Waals surface area contributed by atoms with Crippen molar-refractivity contribution in [1.29, 1.82) is 0 Å². The lowest BCUT2D eigenvalue weighted by atomic mass is 10.1. The van der Waals surface area contributed by atoms with Crippen molar-refractivity contribution in [2.24, 2.45) is 0 Å². The van der Waals surface area contributed by atoms with Crippen LogP contribution in [-0.2, 0) is 0 Å². The molecule has 1 atom stereocenters. The van der Waals surface area contributed by atoms with E-state index in [2.05, 4.69) is 5.32 Å². The molecule has 0 aliphatic carbocycles. The predicted octanol–water partition coefficient (Wildman–Crippen LogP) is 4.05. The number of carbonyl (C=O) groups is 1. The molecule has 1 aromatic heterocycles. The number of benzene rings is 1. The third-order valence-corrected chi connectivity index (χ3v) is 4.72. The van der Waals surface area contributed by atoms with Gasteiger partial charge in [-0.15, -0.1) is 11.3 Å². The van der Waals surface area contributed by atoms with Gasteiger partial charge in [0.25, 0.3) is 5.91 Å². The fraction of sp³-hybridized carbons (Fsp3) is 0.312. The van der Waals surface area contributed by atoms with Crippen LogP contribution in [0.1, 0.15) is 34.6 Å². The second-order valence-corrected chi connectivity index (χ2v) is 6.43. The van der Waals surface area contributed by atoms with E-state index < -0.39 is 0 Å². The maximum absolute atomic E-state index is 12.4. The Balaban J connectivity index is 1.81. The van der Waals surface area contributed by atoms with Gasteiger partial charge in [-0.05, 0) is 30.5 Å². The quantitative estimate of drug-likeness (QED) is 0.919. The SMILES string of the molecule is C[C@H](NC(=O)c1cc(Cl)c2c(c1)OCCCO2)c1cccs1. The fourth-order valence-corrected chi connectivity index (χ4v) is 3.25. The summed E-state index contributed by atoms with van der Waals surface area (Å²) in [6.45, 7) is 3.07. The number of nitrogens with one attached hydrogen (secondary N) is 1. The molecule has 3 rings (SSSR count). The first-order valence-corrected chi connectivity index (χ1v) is 8.34. The summed E-state index contributed by atoms with van der Waals surface area (Å²) in [4.78, 5) is 13.5. The van der Waals surface area contributed by atoms with E-state index in [9.17, 15) is 4.79 Å². The highest BCUT2D eigenvalue weighted by Crippen LogP contribution is 2.38. The van der Waals surface area contributed by atoms with Gasteiger partial charge >= 0.3 is 0 Å². The van der Waals surface area contributed by atoms with Gasteiger partial charge in [0.2, 0.25) is 0 Å². The molecule has 0 fully saturated rings. The van der Waals surface area contributed by atoms with E-state index in [1.54, 1.807) is 23.5 Å². The lowest BCUT2D eigenvalue weighted by Gasteiger charge is -2.14. The van der Waals surface area contributed by atoms with Crippen molar-refractivity contribution in [3.63, 3.8) is 0 Å². The summed E-state index contributed by atoms with van der Waals surface area (Å²) in [5.41, 5.74) is 0.470. The Hall–Kier alpha value is -1.72. The van der Waals surface area contributed by atoms with Crippen LogP contribution in [0, 0.1) is 0 Å². The highest BCUT2D eigenvalue weighted by atomic mass is 35.5. The first kappa shape index (κ1) is 15.2. The van der Waals surface area contributed by atoms with Gasteiger partial charge in [0.1, 0.15) is 0 Å². The summed E-state index contributed by atoms with van der Waals surface area (Å²) >= 11 is 7.83. The van der Waals surface area contributed by atoms with Crippen molar-refractivity contribution in [3.8, 4) is 11.5 Å². The molecule has 1 aliphatic rings. The lowest BCUT2D eigenvalue weighted by molar-refractivity contribution is 0.0940. The van der Waals surface area contributed by atoms with Gasteiger partial charge in [0, 0.05) is 16.9 Å². The highest BCUT2D eigenvalue weighted by molar-refractivity contribution is 7.10. The van der Waals surface area contributed by atoms with Gasteiger partial charge in [0.15, 0.2) is 11.5 Å². The number of fused-ring (bicyclic) bond motifs is 1. The molecule has 0 radical (unpaired) electrons. The van der Waals surface area contributed by atoms with Crippen LogP contribution in [0.2, 0.25) is 5.02 Å². The van der Waals surface area contributed by atoms with E-state index in [1.807, 2.05) is 24.4 Å². The Bertz CT molecular complexity index is 672. The summed E-state index contributed by atoms with van der Waals surface area (Å²) in [6, 6.07) is 7.21. The topological polar surface area (TPSA) is 47.6 Å². The molecule has 2 aromatic rings. The van der Waals surface area contributed by atoms with Crippen LogP contribution in [0.4, 0.5) is 0 Å². The number of carbonyl (C=O) groups excluding carboxylic acids is 1. The Morgan fingerprint density at radius 1 is 1.36 bits per heavy atom. The summed E-state index contributed by atoms with van der Waals surface area (Å²) < 4.78 is 11.2. The Morgan fingerprint density at radius 2 is 2.18 bits per heavy atom. The van der Waals surface area contributed by atoms with Crippen LogP contribution < -0.4 is 14.8 Å². The van der Waals surface area contributed by atoms with Crippen LogP contribution in [0.15, 0.2) is 29.6 Å². The third kappa shape index (κ3) is 3.20. The molecule has 0 spiro atoms. The van der Waals surface area contributed by atoms with Crippen molar-refractivity contribution in [2.75, 3.05) is 13.2 Å². The number of thiophene rings is 1. The summed E-state index contributed by atoms with van der Waals surface area (Å²) in [7, 11) is 0. The second kappa shape index (κ2) is 6.58. The molecule has 4 nitrogen and oxygen atoms in total. The van der Waals surface area contributed by atoms with Gasteiger partial charge in [-0.3, -0.25) is 4.79 Å². The van der Waals surface area contributed by atoms with Gasteiger partial charge in [-0.2, -0.15) is 0 Å². The van der Waals surface area contributed by atoms with Crippen molar-refractivity contribution in [2.45, 2.75) is 19.4 Å². The van der Waals surface area contributed by atoms with E-state index in [0.29, 0.717) is 35.3 Å². The zero-order valence-corrected chi connectivity index (χ0v) is 13.7. The first-order chi connectivity index (χ1) is 10.6. The maximum Gasteiger partial charge on any atom is 0.251 e. The zero-order chi connectivity index (χ0) is 15.5. The monoisotopic (exact) mass is 337 g/mol. The molecule has 1 aliphatic heterocycles. The standard InChI is InChI=1S/C16H16ClNO3S/c1-10(14-4-2-7-22-14)18-16(19)11-8-12(17)15-13(9-11)20-5-3-6-21-15/h2,4,7-10H,3,5-6H2,1H3,(H,18,19)/t10-/m0/s1. The van der Waals surface area contributed by atoms with E-state index >= 15 is 0 Å². The zero-order valence-electron chi connectivity index (χ0n) is 12.1. The van der Waals surface area contributed by atoms with E-state index in [-0.39, 0.29) is 11.9 Å². The molecule has 0 saturated carbocycles. The number of ether oxygens (including phenoxy) is 2. The Labute approximate surface area is 138 Å². The van der Waals surface area contributed by atoms with Crippen molar-refractivity contribution >= 4 is 28.8 Å². The lowest BCUT2D eigenvalue weighted by Crippen LogP contribution is -2.26. The van der Waals surface area contributed by atoms with E-state index in [1.165, 1.54) is 0 Å². The molecular formula is C16H16ClNO3S. The van der Waals surface area contributed by atoms with Crippen LogP contribution in [-0.4, -0.2) is 19.1 Å². The maximum atomic E-state index is 12.4. The Morgan fingerprint density at radius 3 is 2.95 bits per heavy atom. The average Bonchev–Trinajstić information content (AvgIpc) is 2.93. The molecule has 0 unspecified atom stereocenters. The highest BCUT2D eigenvalue weighted by Gasteiger charge is 2.19. The first-order valence-electron chi connectivity index (χ1n) is 7.08. The molecule has 6 heteroatoms. The third-order valence-electron chi connectivity index (χ3n) is 3.38. The largest absolute Gasteiger partial charge is 0.489 e. The van der Waals surface area contributed by atoms with Crippen LogP contribution in [0.25, 0.3) is 0 Å². The molecule has 1 aromatic carbocycles. The van der Waals surface area contributed by atoms with Crippen LogP contribution in [0.5, 0.6) is 11.5 Å². The fourth-order valence-electron chi connectivity index (χ4n) is 2.25. The molecule has 116 valence electrons. The molecule has 0 bridgehead atoms. The number of rotatable bonds is 3. The van der Waals surface area contributed by atoms with Gasteiger partial charge < -0.3 is 14.8 Å². The number of hydrogen-bond acceptors (Lipinski definition) is 4. The molecule has 1 N–H and O–H groups in total. The smallest absolute Gasteiger partial charge is 0.251 e. The van der Waals surface area contributed by atoms with Gasteiger partial charge in [-0.25, -0.2) is 0 Å². The van der Waals surface area contributed by atoms with Crippen molar-refractivity contribution in [3.05, 3.63) is 45.1 Å². The summed E-state index contributed by atoms with van der Waals surface area (Å²) in [6.07, 6.45) is 0.794. The molecular weight excluding hydrogens is 322 g/mol. The van der Waals surface area contributed by atoms with Crippen LogP contribution >= 0.6 is 22.9 Å². The van der Waals surface area contributed by atoms with E-state index in [0.717, 1.165) is 11.3 Å². The molecule has 0 saturated heterocycles. The van der Waals surface area contributed by atoms with Gasteiger partial charge in [-0.1, -0.05) is 17.7 Å². The molecule has 2 heterocycles. The van der Waals surface area contributed by atoms with Gasteiger partial charge in [0.05, 0.1) is 24.3 Å². The molecule has 1 amide bonds. The molecule has 22 heavy (non-hydrogen) atoms. The number of hydrogen-bond donors (Lipinski definition) is 1. The minimum atomic E-state index is -0.182. The van der Waals surface area contributed by atoms with Crippen molar-refractivity contribution in [1.82, 2.24) is 5.32 Å². The normalized spacial score (nSPS) is 15.0. The summed E-state index contributed by atoms with van der Waals surface area (Å²) in [5, 5.41) is 5.35. The number of amides is 1. The number of halogens is 1. The average molecular weight is 338 g/mol. The van der Waals surface area contributed by atoms with Crippen LogP contribution in [0.3, 0.4) is 0 Å². The second-order valence-electron chi connectivity index (χ2n) is 5.05. The summed E-state index contributed by atoms with van der Waals surface area (Å²) in [5.74, 6) is 0.861. The minimum absolute atomic E-state index is 0.0535. The minimum Gasteiger partial charge on any atom is -0.489 e.